The summed E-state index contributed by atoms with van der Waals surface area (Å²) in [6.07, 6.45) is 1.71. The summed E-state index contributed by atoms with van der Waals surface area (Å²) in [7, 11) is -4.82. The smallest absolute Gasteiger partial charge is 0.307 e. The second-order valence-corrected chi connectivity index (χ2v) is 18.3. The molecule has 1 saturated heterocycles. The summed E-state index contributed by atoms with van der Waals surface area (Å²) in [6.45, 7) is 6.99. The third-order valence-electron chi connectivity index (χ3n) is 5.59. The van der Waals surface area contributed by atoms with Crippen LogP contribution in [0.2, 0.25) is 25.7 Å². The van der Waals surface area contributed by atoms with Crippen LogP contribution in [0, 0.1) is 0 Å². The van der Waals surface area contributed by atoms with E-state index in [-0.39, 0.29) is 17.9 Å². The molecular weight excluding hydrogens is 436 g/mol. The Balaban J connectivity index is 1.88. The summed E-state index contributed by atoms with van der Waals surface area (Å²) >= 11 is 1.41. The molecule has 3 rings (SSSR count). The quantitative estimate of drug-likeness (QED) is 0.449. The first kappa shape index (κ1) is 23.0. The van der Waals surface area contributed by atoms with E-state index in [1.165, 1.54) is 11.3 Å². The Bertz CT molecular complexity index is 989. The van der Waals surface area contributed by atoms with Gasteiger partial charge < -0.3 is 9.84 Å². The highest BCUT2D eigenvalue weighted by molar-refractivity contribution is 7.92. The minimum Gasteiger partial charge on any atom is -0.508 e. The summed E-state index contributed by atoms with van der Waals surface area (Å²) in [5.74, 6) is -0.150. The molecule has 2 aromatic rings. The van der Waals surface area contributed by atoms with Gasteiger partial charge in [-0.1, -0.05) is 26.1 Å². The van der Waals surface area contributed by atoms with Gasteiger partial charge in [0.2, 0.25) is 0 Å². The number of ether oxygens (including phenoxy) is 1. The van der Waals surface area contributed by atoms with Crippen LogP contribution in [0.4, 0.5) is 0 Å². The van der Waals surface area contributed by atoms with Gasteiger partial charge in [-0.05, 0) is 60.8 Å². The zero-order valence-corrected chi connectivity index (χ0v) is 20.4. The van der Waals surface area contributed by atoms with Gasteiger partial charge in [-0.25, -0.2) is 8.42 Å². The van der Waals surface area contributed by atoms with Crippen LogP contribution >= 0.6 is 11.3 Å². The fraction of sp³-hybridized carbons (Fsp3) is 0.500. The molecule has 1 aromatic carbocycles. The number of hydrogen-bond donors (Lipinski definition) is 1. The van der Waals surface area contributed by atoms with Crippen molar-refractivity contribution in [3.63, 3.8) is 0 Å². The van der Waals surface area contributed by atoms with Gasteiger partial charge >= 0.3 is 5.97 Å². The number of benzene rings is 1. The lowest BCUT2D eigenvalue weighted by molar-refractivity contribution is -0.144. The fourth-order valence-electron chi connectivity index (χ4n) is 3.73. The second kappa shape index (κ2) is 8.84. The van der Waals surface area contributed by atoms with Crippen molar-refractivity contribution in [1.29, 1.82) is 0 Å². The van der Waals surface area contributed by atoms with Crippen LogP contribution in [0.3, 0.4) is 0 Å². The molecule has 5 nitrogen and oxygen atoms in total. The average Bonchev–Trinajstić information content (AvgIpc) is 3.13. The number of carbonyl (C=O) groups excluding carboxylic acids is 1. The third-order valence-corrected chi connectivity index (χ3v) is 11.3. The van der Waals surface area contributed by atoms with Crippen LogP contribution in [0.1, 0.15) is 30.6 Å². The van der Waals surface area contributed by atoms with Gasteiger partial charge in [-0.15, -0.1) is 11.3 Å². The maximum Gasteiger partial charge on any atom is 0.307 e. The lowest BCUT2D eigenvalue weighted by atomic mass is 9.95. The van der Waals surface area contributed by atoms with Gasteiger partial charge in [0, 0.05) is 17.8 Å². The topological polar surface area (TPSA) is 80.7 Å². The molecule has 1 aromatic heterocycles. The number of carbonyl (C=O) groups is 1. The fourth-order valence-corrected chi connectivity index (χ4v) is 8.22. The van der Waals surface area contributed by atoms with Crippen LogP contribution in [0.5, 0.6) is 5.75 Å². The Hall–Kier alpha value is -1.64. The molecule has 1 N–H and O–H groups in total. The Labute approximate surface area is 184 Å². The Morgan fingerprint density at radius 3 is 2.47 bits per heavy atom. The molecular formula is C22H30O5S2Si. The van der Waals surface area contributed by atoms with Gasteiger partial charge in [0.25, 0.3) is 0 Å². The van der Waals surface area contributed by atoms with Crippen LogP contribution in [-0.4, -0.2) is 39.9 Å². The zero-order chi connectivity index (χ0) is 22.0. The Kier molecular flexibility index (Phi) is 6.79. The summed E-state index contributed by atoms with van der Waals surface area (Å²) in [6, 6.07) is 11.4. The highest BCUT2D eigenvalue weighted by Gasteiger charge is 2.49. The molecule has 0 bridgehead atoms. The summed E-state index contributed by atoms with van der Waals surface area (Å²) in [4.78, 5) is 14.3. The molecule has 0 saturated carbocycles. The molecule has 164 valence electrons. The van der Waals surface area contributed by atoms with Crippen molar-refractivity contribution in [2.24, 2.45) is 0 Å². The third kappa shape index (κ3) is 5.15. The number of aromatic hydroxyl groups is 1. The molecule has 1 aliphatic rings. The number of sulfone groups is 1. The van der Waals surface area contributed by atoms with Crippen LogP contribution in [0.25, 0.3) is 10.4 Å². The second-order valence-electron chi connectivity index (χ2n) is 9.19. The monoisotopic (exact) mass is 466 g/mol. The minimum atomic E-state index is -3.48. The summed E-state index contributed by atoms with van der Waals surface area (Å²) in [5.41, 5.74) is 0.908. The number of rotatable bonds is 7. The van der Waals surface area contributed by atoms with E-state index in [0.717, 1.165) is 22.9 Å². The molecule has 1 aliphatic heterocycles. The number of esters is 1. The number of hydrogen-bond acceptors (Lipinski definition) is 6. The normalized spacial score (nSPS) is 21.3. The van der Waals surface area contributed by atoms with Crippen molar-refractivity contribution in [2.75, 3.05) is 12.4 Å². The van der Waals surface area contributed by atoms with E-state index in [1.54, 1.807) is 24.3 Å². The van der Waals surface area contributed by atoms with Crippen LogP contribution in [0.15, 0.2) is 36.4 Å². The van der Waals surface area contributed by atoms with Crippen molar-refractivity contribution in [2.45, 2.75) is 56.1 Å². The lowest BCUT2D eigenvalue weighted by Gasteiger charge is -2.35. The molecule has 2 heterocycles. The van der Waals surface area contributed by atoms with Crippen LogP contribution in [-0.2, 0) is 24.1 Å². The van der Waals surface area contributed by atoms with Crippen molar-refractivity contribution >= 4 is 35.2 Å². The van der Waals surface area contributed by atoms with E-state index in [0.29, 0.717) is 24.3 Å². The molecule has 0 radical (unpaired) electrons. The summed E-state index contributed by atoms with van der Waals surface area (Å²) in [5, 5.41) is 9.52. The van der Waals surface area contributed by atoms with Gasteiger partial charge in [0.1, 0.15) is 10.5 Å². The van der Waals surface area contributed by atoms with Gasteiger partial charge in [0.05, 0.1) is 18.8 Å². The first-order valence-electron chi connectivity index (χ1n) is 10.3. The first-order chi connectivity index (χ1) is 14.0. The van der Waals surface area contributed by atoms with Gasteiger partial charge in [-0.3, -0.25) is 4.79 Å². The zero-order valence-electron chi connectivity index (χ0n) is 17.8. The average molecular weight is 467 g/mol. The highest BCUT2D eigenvalue weighted by Crippen LogP contribution is 2.47. The molecule has 0 amide bonds. The van der Waals surface area contributed by atoms with E-state index >= 15 is 0 Å². The van der Waals surface area contributed by atoms with E-state index in [4.69, 9.17) is 4.74 Å². The first-order valence-corrected chi connectivity index (χ1v) is 16.5. The Morgan fingerprint density at radius 2 is 1.83 bits per heavy atom. The minimum absolute atomic E-state index is 0.0988. The molecule has 0 spiro atoms. The Morgan fingerprint density at radius 1 is 1.13 bits per heavy atom. The van der Waals surface area contributed by atoms with E-state index in [1.807, 2.05) is 12.1 Å². The maximum atomic E-state index is 13.2. The van der Waals surface area contributed by atoms with Crippen molar-refractivity contribution in [1.82, 2.24) is 0 Å². The van der Waals surface area contributed by atoms with Crippen molar-refractivity contribution in [3.8, 4) is 16.2 Å². The standard InChI is InChI=1S/C22H30O5S2Si/c1-30(2,3)15-13-27-21(24)16-22(12-4-5-14-29(22,25)26)20-11-10-19(28-20)17-6-8-18(23)9-7-17/h6-11,23H,4-5,12-16H2,1-3H3/t22-/m0/s1. The SMILES string of the molecule is C[Si](C)(C)CCOC(=O)C[C@]1(c2ccc(-c3ccc(O)cc3)s2)CCCCS1(=O)=O. The molecule has 0 aliphatic carbocycles. The van der Waals surface area contributed by atoms with E-state index < -0.39 is 28.6 Å². The van der Waals surface area contributed by atoms with Crippen molar-refractivity contribution in [3.05, 3.63) is 41.3 Å². The maximum absolute atomic E-state index is 13.2. The predicted octanol–water partition coefficient (Wildman–Crippen LogP) is 5.19. The predicted molar refractivity (Wildman–Crippen MR) is 124 cm³/mol. The highest BCUT2D eigenvalue weighted by atomic mass is 32.2. The number of phenols is 1. The van der Waals surface area contributed by atoms with Gasteiger partial charge in [-0.2, -0.15) is 0 Å². The van der Waals surface area contributed by atoms with E-state index in [2.05, 4.69) is 19.6 Å². The molecule has 0 unspecified atom stereocenters. The molecule has 1 fully saturated rings. The van der Waals surface area contributed by atoms with E-state index in [9.17, 15) is 18.3 Å². The summed E-state index contributed by atoms with van der Waals surface area (Å²) < 4.78 is 30.7. The molecule has 8 heteroatoms. The largest absolute Gasteiger partial charge is 0.508 e. The molecule has 30 heavy (non-hydrogen) atoms. The van der Waals surface area contributed by atoms with Crippen LogP contribution < -0.4 is 0 Å². The number of phenolic OH excluding ortho intramolecular Hbond substituents is 1. The van der Waals surface area contributed by atoms with Crippen molar-refractivity contribution < 1.29 is 23.1 Å². The molecule has 1 atom stereocenters. The van der Waals surface area contributed by atoms with Gasteiger partial charge in [0.15, 0.2) is 9.84 Å². The number of thiophene rings is 1. The lowest BCUT2D eigenvalue weighted by Crippen LogP contribution is -2.42.